The predicted molar refractivity (Wildman–Crippen MR) is 119 cm³/mol. The number of aromatic nitrogens is 1. The second-order valence-electron chi connectivity index (χ2n) is 7.46. The van der Waals surface area contributed by atoms with Gasteiger partial charge in [0.1, 0.15) is 5.75 Å². The summed E-state index contributed by atoms with van der Waals surface area (Å²) in [6.45, 7) is 9.93. The summed E-state index contributed by atoms with van der Waals surface area (Å²) < 4.78 is 11.5. The summed E-state index contributed by atoms with van der Waals surface area (Å²) >= 11 is 6.30. The van der Waals surface area contributed by atoms with E-state index in [4.69, 9.17) is 21.1 Å². The lowest BCUT2D eigenvalue weighted by Gasteiger charge is -2.23. The smallest absolute Gasteiger partial charge is 0.337 e. The van der Waals surface area contributed by atoms with Crippen molar-refractivity contribution in [1.82, 2.24) is 4.98 Å². The van der Waals surface area contributed by atoms with Crippen LogP contribution in [0.1, 0.15) is 43.7 Å². The molecule has 0 aliphatic carbocycles. The zero-order chi connectivity index (χ0) is 22.0. The van der Waals surface area contributed by atoms with Gasteiger partial charge in [0.05, 0.1) is 18.2 Å². The van der Waals surface area contributed by atoms with Gasteiger partial charge in [0.25, 0.3) is 0 Å². The van der Waals surface area contributed by atoms with Crippen molar-refractivity contribution in [3.8, 4) is 16.9 Å². The number of carboxylic acids is 1. The zero-order valence-electron chi connectivity index (χ0n) is 17.8. The third kappa shape index (κ3) is 4.42. The highest BCUT2D eigenvalue weighted by atomic mass is 35.5. The van der Waals surface area contributed by atoms with E-state index in [1.54, 1.807) is 6.07 Å². The molecule has 0 bridgehead atoms. The van der Waals surface area contributed by atoms with Crippen molar-refractivity contribution >= 4 is 28.5 Å². The molecule has 0 spiro atoms. The number of aliphatic carboxylic acids is 1. The number of rotatable bonds is 7. The van der Waals surface area contributed by atoms with Gasteiger partial charge >= 0.3 is 5.97 Å². The molecule has 0 amide bonds. The van der Waals surface area contributed by atoms with E-state index < -0.39 is 12.1 Å². The number of hydrogen-bond acceptors (Lipinski definition) is 4. The first-order valence-corrected chi connectivity index (χ1v) is 10.3. The van der Waals surface area contributed by atoms with Crippen molar-refractivity contribution in [2.75, 3.05) is 6.61 Å². The second-order valence-corrected chi connectivity index (χ2v) is 7.90. The standard InChI is InChI=1S/C24H26ClNO4/c1-6-29-20-10-7-16(11-14(20)4)22-18-12-17(25)8-9-19(18)26-15(5)21(22)23(24(27)28)30-13(2)3/h7-13,23H,6H2,1-5H3,(H,27,28). The lowest BCUT2D eigenvalue weighted by Crippen LogP contribution is -2.21. The van der Waals surface area contributed by atoms with E-state index in [1.807, 2.05) is 65.0 Å². The van der Waals surface area contributed by atoms with Crippen LogP contribution in [-0.2, 0) is 9.53 Å². The second kappa shape index (κ2) is 9.02. The SMILES string of the molecule is CCOc1ccc(-c2c(C(OC(C)C)C(=O)O)c(C)nc3ccc(Cl)cc23)cc1C. The van der Waals surface area contributed by atoms with Gasteiger partial charge in [-0.2, -0.15) is 0 Å². The van der Waals surface area contributed by atoms with Crippen molar-refractivity contribution < 1.29 is 19.4 Å². The summed E-state index contributed by atoms with van der Waals surface area (Å²) in [4.78, 5) is 16.8. The van der Waals surface area contributed by atoms with Crippen molar-refractivity contribution in [2.45, 2.75) is 46.8 Å². The number of hydrogen-bond donors (Lipinski definition) is 1. The van der Waals surface area contributed by atoms with Crippen LogP contribution in [0.4, 0.5) is 0 Å². The van der Waals surface area contributed by atoms with Gasteiger partial charge in [-0.15, -0.1) is 0 Å². The van der Waals surface area contributed by atoms with Crippen LogP contribution in [0.5, 0.6) is 5.75 Å². The summed E-state index contributed by atoms with van der Waals surface area (Å²) in [5.74, 6) is -0.261. The third-order valence-corrected chi connectivity index (χ3v) is 5.07. The summed E-state index contributed by atoms with van der Waals surface area (Å²) in [6.07, 6.45) is -1.42. The van der Waals surface area contributed by atoms with Crippen LogP contribution in [0.3, 0.4) is 0 Å². The third-order valence-electron chi connectivity index (χ3n) is 4.83. The lowest BCUT2D eigenvalue weighted by atomic mass is 9.90. The summed E-state index contributed by atoms with van der Waals surface area (Å²) in [5, 5.41) is 11.3. The molecule has 6 heteroatoms. The fourth-order valence-electron chi connectivity index (χ4n) is 3.65. The number of carboxylic acid groups (broad SMARTS) is 1. The number of fused-ring (bicyclic) bond motifs is 1. The fourth-order valence-corrected chi connectivity index (χ4v) is 3.82. The molecule has 3 aromatic rings. The van der Waals surface area contributed by atoms with Crippen LogP contribution in [-0.4, -0.2) is 28.8 Å². The van der Waals surface area contributed by atoms with Crippen LogP contribution in [0.15, 0.2) is 36.4 Å². The molecule has 0 saturated heterocycles. The normalized spacial score (nSPS) is 12.4. The lowest BCUT2D eigenvalue weighted by molar-refractivity contribution is -0.153. The molecule has 0 saturated carbocycles. The summed E-state index contributed by atoms with van der Waals surface area (Å²) in [6, 6.07) is 11.3. The first-order chi connectivity index (χ1) is 14.2. The monoisotopic (exact) mass is 427 g/mol. The highest BCUT2D eigenvalue weighted by Gasteiger charge is 2.29. The maximum Gasteiger partial charge on any atom is 0.337 e. The first kappa shape index (κ1) is 22.1. The molecule has 0 radical (unpaired) electrons. The van der Waals surface area contributed by atoms with Crippen LogP contribution in [0, 0.1) is 13.8 Å². The Morgan fingerprint density at radius 3 is 2.50 bits per heavy atom. The minimum atomic E-state index is -1.15. The summed E-state index contributed by atoms with van der Waals surface area (Å²) in [5.41, 5.74) is 4.48. The molecule has 1 heterocycles. The van der Waals surface area contributed by atoms with E-state index in [0.717, 1.165) is 33.3 Å². The van der Waals surface area contributed by atoms with Crippen LogP contribution < -0.4 is 4.74 Å². The number of carbonyl (C=O) groups is 1. The molecule has 30 heavy (non-hydrogen) atoms. The molecule has 1 aromatic heterocycles. The maximum absolute atomic E-state index is 12.2. The van der Waals surface area contributed by atoms with Crippen molar-refractivity contribution in [2.24, 2.45) is 0 Å². The number of pyridine rings is 1. The number of halogens is 1. The van der Waals surface area contributed by atoms with Gasteiger partial charge in [0.15, 0.2) is 6.10 Å². The first-order valence-electron chi connectivity index (χ1n) is 9.94. The molecule has 2 aromatic carbocycles. The molecule has 1 N–H and O–H groups in total. The highest BCUT2D eigenvalue weighted by Crippen LogP contribution is 2.40. The highest BCUT2D eigenvalue weighted by molar-refractivity contribution is 6.31. The predicted octanol–water partition coefficient (Wildman–Crippen LogP) is 6.12. The Kier molecular flexibility index (Phi) is 6.64. The molecular formula is C24H26ClNO4. The Labute approximate surface area is 181 Å². The Balaban J connectivity index is 2.38. The van der Waals surface area contributed by atoms with E-state index in [1.165, 1.54) is 0 Å². The molecule has 3 rings (SSSR count). The Morgan fingerprint density at radius 1 is 1.17 bits per heavy atom. The Hall–Kier alpha value is -2.63. The van der Waals surface area contributed by atoms with E-state index in [2.05, 4.69) is 4.98 Å². The molecule has 0 aliphatic rings. The van der Waals surface area contributed by atoms with E-state index in [-0.39, 0.29) is 6.10 Å². The van der Waals surface area contributed by atoms with Crippen molar-refractivity contribution in [3.63, 3.8) is 0 Å². The molecule has 0 fully saturated rings. The van der Waals surface area contributed by atoms with Crippen molar-refractivity contribution in [1.29, 1.82) is 0 Å². The average molecular weight is 428 g/mol. The molecule has 0 aliphatic heterocycles. The Morgan fingerprint density at radius 2 is 1.90 bits per heavy atom. The van der Waals surface area contributed by atoms with Gasteiger partial charge in [-0.1, -0.05) is 17.7 Å². The number of nitrogens with zero attached hydrogens (tertiary/aromatic N) is 1. The van der Waals surface area contributed by atoms with Crippen LogP contribution in [0.2, 0.25) is 5.02 Å². The molecule has 1 unspecified atom stereocenters. The van der Waals surface area contributed by atoms with Gasteiger partial charge in [0, 0.05) is 21.7 Å². The van der Waals surface area contributed by atoms with Gasteiger partial charge < -0.3 is 14.6 Å². The molecule has 5 nitrogen and oxygen atoms in total. The van der Waals surface area contributed by atoms with Crippen LogP contribution >= 0.6 is 11.6 Å². The van der Waals surface area contributed by atoms with Crippen LogP contribution in [0.25, 0.3) is 22.0 Å². The molecule has 1 atom stereocenters. The topological polar surface area (TPSA) is 68.7 Å². The van der Waals surface area contributed by atoms with Gasteiger partial charge in [0.2, 0.25) is 0 Å². The van der Waals surface area contributed by atoms with Crippen molar-refractivity contribution in [3.05, 3.63) is 58.2 Å². The summed E-state index contributed by atoms with van der Waals surface area (Å²) in [7, 11) is 0. The minimum Gasteiger partial charge on any atom is -0.494 e. The quantitative estimate of drug-likeness (QED) is 0.491. The van der Waals surface area contributed by atoms with Gasteiger partial charge in [-0.05, 0) is 81.6 Å². The molecular weight excluding hydrogens is 402 g/mol. The van der Waals surface area contributed by atoms with Gasteiger partial charge in [-0.25, -0.2) is 4.79 Å². The number of aryl methyl sites for hydroxylation is 2. The maximum atomic E-state index is 12.2. The Bertz CT molecular complexity index is 1090. The number of ether oxygens (including phenoxy) is 2. The van der Waals surface area contributed by atoms with E-state index in [9.17, 15) is 9.90 Å². The largest absolute Gasteiger partial charge is 0.494 e. The number of benzene rings is 2. The zero-order valence-corrected chi connectivity index (χ0v) is 18.6. The van der Waals surface area contributed by atoms with E-state index in [0.29, 0.717) is 22.9 Å². The molecule has 158 valence electrons. The van der Waals surface area contributed by atoms with E-state index >= 15 is 0 Å². The average Bonchev–Trinajstić information content (AvgIpc) is 2.67. The fraction of sp³-hybridized carbons (Fsp3) is 0.333. The van der Waals surface area contributed by atoms with Gasteiger partial charge in [-0.3, -0.25) is 4.98 Å². The minimum absolute atomic E-state index is 0.268.